The summed E-state index contributed by atoms with van der Waals surface area (Å²) in [6.45, 7) is 2.05. The van der Waals surface area contributed by atoms with E-state index < -0.39 is 0 Å². The van der Waals surface area contributed by atoms with Crippen molar-refractivity contribution in [3.05, 3.63) is 57.2 Å². The molecule has 0 saturated heterocycles. The van der Waals surface area contributed by atoms with Crippen LogP contribution in [-0.4, -0.2) is 6.04 Å². The largest absolute Gasteiger partial charge is 0.327 e. The molecule has 96 valence electrons. The fraction of sp³-hybridized carbons (Fsp3) is 0.286. The Morgan fingerprint density at radius 2 is 1.94 bits per heavy atom. The lowest BCUT2D eigenvalue weighted by molar-refractivity contribution is 0.730. The zero-order valence-corrected chi connectivity index (χ0v) is 12.6. The van der Waals surface area contributed by atoms with Gasteiger partial charge in [-0.25, -0.2) is 0 Å². The van der Waals surface area contributed by atoms with Crippen molar-refractivity contribution < 1.29 is 0 Å². The van der Waals surface area contributed by atoms with Gasteiger partial charge < -0.3 is 5.73 Å². The van der Waals surface area contributed by atoms with Crippen molar-refractivity contribution in [2.24, 2.45) is 5.73 Å². The van der Waals surface area contributed by atoms with Crippen LogP contribution in [0.2, 0.25) is 4.34 Å². The number of benzene rings is 1. The van der Waals surface area contributed by atoms with Crippen molar-refractivity contribution in [3.63, 3.8) is 0 Å². The molecule has 1 aromatic carbocycles. The van der Waals surface area contributed by atoms with Gasteiger partial charge in [0.15, 0.2) is 0 Å². The van der Waals surface area contributed by atoms with Gasteiger partial charge in [-0.3, -0.25) is 0 Å². The maximum Gasteiger partial charge on any atom is 0.0931 e. The lowest BCUT2D eigenvalue weighted by Gasteiger charge is -2.19. The minimum Gasteiger partial charge on any atom is -0.327 e. The van der Waals surface area contributed by atoms with E-state index in [0.717, 1.165) is 10.1 Å². The van der Waals surface area contributed by atoms with Gasteiger partial charge >= 0.3 is 0 Å². The van der Waals surface area contributed by atoms with Crippen LogP contribution in [0.1, 0.15) is 22.6 Å². The summed E-state index contributed by atoms with van der Waals surface area (Å²) in [7, 11) is 0. The van der Waals surface area contributed by atoms with Crippen LogP contribution in [0.5, 0.6) is 0 Å². The van der Waals surface area contributed by atoms with Crippen LogP contribution in [0, 0.1) is 0 Å². The number of nitrogens with two attached hydrogens (primary N) is 1. The lowest BCUT2D eigenvalue weighted by Crippen LogP contribution is -2.22. The van der Waals surface area contributed by atoms with Crippen LogP contribution in [0.25, 0.3) is 0 Å². The first-order valence-electron chi connectivity index (χ1n) is 5.83. The highest BCUT2D eigenvalue weighted by Gasteiger charge is 2.18. The molecule has 2 atom stereocenters. The summed E-state index contributed by atoms with van der Waals surface area (Å²) in [6.07, 6.45) is 0. The molecule has 0 radical (unpaired) electrons. The molecule has 0 fully saturated rings. The quantitative estimate of drug-likeness (QED) is 0.864. The summed E-state index contributed by atoms with van der Waals surface area (Å²) in [5.74, 6) is 0.975. The van der Waals surface area contributed by atoms with Crippen LogP contribution < -0.4 is 5.73 Å². The van der Waals surface area contributed by atoms with Crippen molar-refractivity contribution in [2.45, 2.75) is 24.0 Å². The van der Waals surface area contributed by atoms with Crippen molar-refractivity contribution >= 4 is 34.7 Å². The molecule has 0 spiro atoms. The maximum atomic E-state index is 6.08. The molecule has 2 unspecified atom stereocenters. The average Bonchev–Trinajstić information content (AvgIpc) is 2.77. The van der Waals surface area contributed by atoms with Gasteiger partial charge in [0.2, 0.25) is 0 Å². The van der Waals surface area contributed by atoms with Crippen molar-refractivity contribution in [1.82, 2.24) is 0 Å². The standard InChI is InChI=1S/C14H16ClNS2/c1-10(16)14(12-7-8-13(15)18-12)17-9-11-5-3-2-4-6-11/h2-8,10,14H,9,16H2,1H3. The van der Waals surface area contributed by atoms with E-state index >= 15 is 0 Å². The predicted octanol–water partition coefficient (Wildman–Crippen LogP) is 4.72. The molecule has 18 heavy (non-hydrogen) atoms. The maximum absolute atomic E-state index is 6.08. The van der Waals surface area contributed by atoms with E-state index in [2.05, 4.69) is 37.3 Å². The Morgan fingerprint density at radius 3 is 2.50 bits per heavy atom. The highest BCUT2D eigenvalue weighted by Crippen LogP contribution is 2.38. The normalized spacial score (nSPS) is 14.4. The van der Waals surface area contributed by atoms with Crippen LogP contribution in [0.15, 0.2) is 42.5 Å². The highest BCUT2D eigenvalue weighted by molar-refractivity contribution is 7.98. The van der Waals surface area contributed by atoms with Gasteiger partial charge in [-0.15, -0.1) is 23.1 Å². The minimum absolute atomic E-state index is 0.119. The Balaban J connectivity index is 2.04. The molecule has 0 aliphatic carbocycles. The highest BCUT2D eigenvalue weighted by atomic mass is 35.5. The molecular formula is C14H16ClNS2. The average molecular weight is 298 g/mol. The Hall–Kier alpha value is -0.480. The van der Waals surface area contributed by atoms with E-state index in [9.17, 15) is 0 Å². The zero-order chi connectivity index (χ0) is 13.0. The number of rotatable bonds is 5. The summed E-state index contributed by atoms with van der Waals surface area (Å²) in [4.78, 5) is 1.26. The Labute approximate surface area is 121 Å². The van der Waals surface area contributed by atoms with Gasteiger partial charge in [-0.2, -0.15) is 0 Å². The topological polar surface area (TPSA) is 26.0 Å². The Morgan fingerprint density at radius 1 is 1.22 bits per heavy atom. The molecule has 1 nitrogen and oxygen atoms in total. The summed E-state index contributed by atoms with van der Waals surface area (Å²) in [5, 5.41) is 0.308. The number of halogens is 1. The number of thioether (sulfide) groups is 1. The molecule has 2 aromatic rings. The molecule has 0 amide bonds. The summed E-state index contributed by atoms with van der Waals surface area (Å²) < 4.78 is 0.830. The van der Waals surface area contributed by atoms with Gasteiger partial charge in [0.1, 0.15) is 0 Å². The number of thiophene rings is 1. The third-order valence-corrected chi connectivity index (χ3v) is 5.63. The molecule has 0 aliphatic heterocycles. The molecule has 4 heteroatoms. The second-order valence-electron chi connectivity index (χ2n) is 4.22. The Kier molecular flexibility index (Phi) is 5.13. The zero-order valence-electron chi connectivity index (χ0n) is 10.2. The van der Waals surface area contributed by atoms with Gasteiger partial charge in [0, 0.05) is 16.7 Å². The first-order chi connectivity index (χ1) is 8.66. The first kappa shape index (κ1) is 13.9. The van der Waals surface area contributed by atoms with E-state index in [4.69, 9.17) is 17.3 Å². The van der Waals surface area contributed by atoms with Crippen molar-refractivity contribution in [3.8, 4) is 0 Å². The third kappa shape index (κ3) is 3.75. The molecule has 1 aromatic heterocycles. The summed E-state index contributed by atoms with van der Waals surface area (Å²) in [5.41, 5.74) is 7.41. The van der Waals surface area contributed by atoms with E-state index in [1.165, 1.54) is 10.4 Å². The second kappa shape index (κ2) is 6.62. The van der Waals surface area contributed by atoms with Gasteiger partial charge in [-0.1, -0.05) is 41.9 Å². The van der Waals surface area contributed by atoms with Crippen molar-refractivity contribution in [2.75, 3.05) is 0 Å². The third-order valence-electron chi connectivity index (χ3n) is 2.62. The fourth-order valence-electron chi connectivity index (χ4n) is 1.73. The predicted molar refractivity (Wildman–Crippen MR) is 83.5 cm³/mol. The van der Waals surface area contributed by atoms with Crippen LogP contribution in [0.4, 0.5) is 0 Å². The van der Waals surface area contributed by atoms with Gasteiger partial charge in [0.05, 0.1) is 9.59 Å². The minimum atomic E-state index is 0.119. The Bertz CT molecular complexity index is 482. The van der Waals surface area contributed by atoms with Gasteiger partial charge in [-0.05, 0) is 24.6 Å². The summed E-state index contributed by atoms with van der Waals surface area (Å²) in [6, 6.07) is 14.6. The molecule has 0 saturated carbocycles. The fourth-order valence-corrected chi connectivity index (χ4v) is 4.35. The second-order valence-corrected chi connectivity index (χ2v) is 7.09. The lowest BCUT2D eigenvalue weighted by atomic mass is 10.2. The smallest absolute Gasteiger partial charge is 0.0931 e. The van der Waals surface area contributed by atoms with Crippen molar-refractivity contribution in [1.29, 1.82) is 0 Å². The molecule has 1 heterocycles. The van der Waals surface area contributed by atoms with Crippen LogP contribution in [-0.2, 0) is 5.75 Å². The summed E-state index contributed by atoms with van der Waals surface area (Å²) >= 11 is 9.49. The molecule has 2 N–H and O–H groups in total. The molecule has 2 rings (SSSR count). The number of hydrogen-bond donors (Lipinski definition) is 1. The van der Waals surface area contributed by atoms with E-state index in [1.54, 1.807) is 11.3 Å². The molecule has 0 aliphatic rings. The van der Waals surface area contributed by atoms with E-state index in [-0.39, 0.29) is 6.04 Å². The van der Waals surface area contributed by atoms with E-state index in [1.807, 2.05) is 23.9 Å². The molecular weight excluding hydrogens is 282 g/mol. The molecule has 0 bridgehead atoms. The van der Waals surface area contributed by atoms with Gasteiger partial charge in [0.25, 0.3) is 0 Å². The van der Waals surface area contributed by atoms with E-state index in [0.29, 0.717) is 5.25 Å². The van der Waals surface area contributed by atoms with Crippen LogP contribution in [0.3, 0.4) is 0 Å². The monoisotopic (exact) mass is 297 g/mol. The number of hydrogen-bond acceptors (Lipinski definition) is 3. The van der Waals surface area contributed by atoms with Crippen LogP contribution >= 0.6 is 34.7 Å². The first-order valence-corrected chi connectivity index (χ1v) is 8.07. The SMILES string of the molecule is CC(N)C(SCc1ccccc1)c1ccc(Cl)s1.